The van der Waals surface area contributed by atoms with Crippen molar-refractivity contribution in [2.24, 2.45) is 5.73 Å². The zero-order chi connectivity index (χ0) is 13.0. The van der Waals surface area contributed by atoms with Gasteiger partial charge in [0.2, 0.25) is 0 Å². The van der Waals surface area contributed by atoms with E-state index >= 15 is 0 Å². The Hall–Kier alpha value is -0.770. The second-order valence-electron chi connectivity index (χ2n) is 4.16. The average Bonchev–Trinajstić information content (AvgIpc) is 2.36. The Labute approximate surface area is 121 Å². The molecule has 0 unspecified atom stereocenters. The zero-order valence-corrected chi connectivity index (χ0v) is 12.7. The molecule has 2 aromatic carbocycles. The molecule has 0 aliphatic heterocycles. The SMILES string of the molecule is Cc1cc(Sc2ccccc2Br)ccc1CCN. The van der Waals surface area contributed by atoms with Gasteiger partial charge in [0, 0.05) is 14.3 Å². The third-order valence-electron chi connectivity index (χ3n) is 2.79. The summed E-state index contributed by atoms with van der Waals surface area (Å²) in [5, 5.41) is 0. The Bertz CT molecular complexity index is 540. The van der Waals surface area contributed by atoms with Crippen LogP contribution in [0, 0.1) is 6.92 Å². The third-order valence-corrected chi connectivity index (χ3v) is 4.81. The van der Waals surface area contributed by atoms with Crippen LogP contribution in [0.5, 0.6) is 0 Å². The summed E-state index contributed by atoms with van der Waals surface area (Å²) in [6.45, 7) is 2.85. The van der Waals surface area contributed by atoms with Crippen LogP contribution in [0.2, 0.25) is 0 Å². The minimum absolute atomic E-state index is 0.706. The van der Waals surface area contributed by atoms with Crippen LogP contribution in [0.3, 0.4) is 0 Å². The second kappa shape index (κ2) is 6.41. The predicted octanol–water partition coefficient (Wildman–Crippen LogP) is 4.41. The molecule has 2 N–H and O–H groups in total. The lowest BCUT2D eigenvalue weighted by Crippen LogP contribution is -2.03. The quantitative estimate of drug-likeness (QED) is 0.902. The molecule has 0 saturated carbocycles. The van der Waals surface area contributed by atoms with Gasteiger partial charge in [-0.3, -0.25) is 0 Å². The highest BCUT2D eigenvalue weighted by Gasteiger charge is 2.04. The number of nitrogens with two attached hydrogens (primary N) is 1. The van der Waals surface area contributed by atoms with Crippen molar-refractivity contribution in [3.05, 3.63) is 58.1 Å². The van der Waals surface area contributed by atoms with Gasteiger partial charge in [0.25, 0.3) is 0 Å². The summed E-state index contributed by atoms with van der Waals surface area (Å²) in [6.07, 6.45) is 0.950. The molecule has 94 valence electrons. The Morgan fingerprint density at radius 3 is 2.61 bits per heavy atom. The van der Waals surface area contributed by atoms with Crippen molar-refractivity contribution >= 4 is 27.7 Å². The summed E-state index contributed by atoms with van der Waals surface area (Å²) in [6, 6.07) is 14.9. The molecule has 1 nitrogen and oxygen atoms in total. The fourth-order valence-electron chi connectivity index (χ4n) is 1.82. The molecule has 0 aliphatic carbocycles. The maximum absolute atomic E-state index is 5.60. The lowest BCUT2D eigenvalue weighted by Gasteiger charge is -2.08. The lowest BCUT2D eigenvalue weighted by atomic mass is 10.1. The maximum atomic E-state index is 5.60. The summed E-state index contributed by atoms with van der Waals surface area (Å²) >= 11 is 5.35. The molecular formula is C15H16BrNS. The Kier molecular flexibility index (Phi) is 4.87. The van der Waals surface area contributed by atoms with Crippen LogP contribution in [0.1, 0.15) is 11.1 Å². The van der Waals surface area contributed by atoms with Crippen molar-refractivity contribution in [2.75, 3.05) is 6.54 Å². The maximum Gasteiger partial charge on any atom is 0.0314 e. The van der Waals surface area contributed by atoms with Crippen LogP contribution >= 0.6 is 27.7 Å². The Morgan fingerprint density at radius 1 is 1.17 bits per heavy atom. The zero-order valence-electron chi connectivity index (χ0n) is 10.3. The van der Waals surface area contributed by atoms with Crippen molar-refractivity contribution in [3.8, 4) is 0 Å². The highest BCUT2D eigenvalue weighted by atomic mass is 79.9. The molecule has 0 aromatic heterocycles. The van der Waals surface area contributed by atoms with Crippen LogP contribution in [-0.4, -0.2) is 6.54 Å². The molecule has 0 fully saturated rings. The number of benzene rings is 2. The highest BCUT2D eigenvalue weighted by Crippen LogP contribution is 2.33. The normalized spacial score (nSPS) is 10.6. The molecule has 0 bridgehead atoms. The van der Waals surface area contributed by atoms with Crippen LogP contribution < -0.4 is 5.73 Å². The van der Waals surface area contributed by atoms with Crippen LogP contribution in [0.4, 0.5) is 0 Å². The fourth-order valence-corrected chi connectivity index (χ4v) is 3.29. The number of hydrogen-bond acceptors (Lipinski definition) is 2. The van der Waals surface area contributed by atoms with E-state index in [0.29, 0.717) is 6.54 Å². The molecule has 3 heteroatoms. The van der Waals surface area contributed by atoms with Crippen molar-refractivity contribution < 1.29 is 0 Å². The summed E-state index contributed by atoms with van der Waals surface area (Å²) in [7, 11) is 0. The van der Waals surface area contributed by atoms with Crippen molar-refractivity contribution in [3.63, 3.8) is 0 Å². The molecule has 0 amide bonds. The van der Waals surface area contributed by atoms with E-state index in [1.54, 1.807) is 11.8 Å². The molecule has 0 spiro atoms. The van der Waals surface area contributed by atoms with E-state index < -0.39 is 0 Å². The molecule has 18 heavy (non-hydrogen) atoms. The first-order valence-electron chi connectivity index (χ1n) is 5.92. The largest absolute Gasteiger partial charge is 0.330 e. The summed E-state index contributed by atoms with van der Waals surface area (Å²) in [5.74, 6) is 0. The van der Waals surface area contributed by atoms with E-state index in [2.05, 4.69) is 59.3 Å². The summed E-state index contributed by atoms with van der Waals surface area (Å²) in [5.41, 5.74) is 8.26. The van der Waals surface area contributed by atoms with E-state index in [-0.39, 0.29) is 0 Å². The van der Waals surface area contributed by atoms with E-state index in [1.165, 1.54) is 20.9 Å². The number of hydrogen-bond donors (Lipinski definition) is 1. The van der Waals surface area contributed by atoms with Gasteiger partial charge in [-0.05, 0) is 71.2 Å². The standard InChI is InChI=1S/C15H16BrNS/c1-11-10-13(7-6-12(11)8-9-17)18-15-5-3-2-4-14(15)16/h2-7,10H,8-9,17H2,1H3. The van der Waals surface area contributed by atoms with Crippen LogP contribution in [0.15, 0.2) is 56.7 Å². The Balaban J connectivity index is 2.20. The number of halogens is 1. The summed E-state index contributed by atoms with van der Waals surface area (Å²) in [4.78, 5) is 2.50. The first-order valence-corrected chi connectivity index (χ1v) is 7.53. The lowest BCUT2D eigenvalue weighted by molar-refractivity contribution is 0.954. The molecule has 0 saturated heterocycles. The molecule has 2 rings (SSSR count). The highest BCUT2D eigenvalue weighted by molar-refractivity contribution is 9.10. The average molecular weight is 322 g/mol. The minimum atomic E-state index is 0.706. The number of aryl methyl sites for hydroxylation is 1. The molecule has 2 aromatic rings. The molecule has 0 heterocycles. The number of rotatable bonds is 4. The van der Waals surface area contributed by atoms with E-state index in [4.69, 9.17) is 5.73 Å². The van der Waals surface area contributed by atoms with Gasteiger partial charge in [0.05, 0.1) is 0 Å². The predicted molar refractivity (Wildman–Crippen MR) is 82.2 cm³/mol. The van der Waals surface area contributed by atoms with Gasteiger partial charge in [-0.25, -0.2) is 0 Å². The monoisotopic (exact) mass is 321 g/mol. The van der Waals surface area contributed by atoms with Crippen LogP contribution in [0.25, 0.3) is 0 Å². The van der Waals surface area contributed by atoms with Gasteiger partial charge < -0.3 is 5.73 Å². The second-order valence-corrected chi connectivity index (χ2v) is 6.13. The van der Waals surface area contributed by atoms with Crippen LogP contribution in [-0.2, 0) is 6.42 Å². The van der Waals surface area contributed by atoms with E-state index in [9.17, 15) is 0 Å². The summed E-state index contributed by atoms with van der Waals surface area (Å²) < 4.78 is 1.14. The van der Waals surface area contributed by atoms with Crippen molar-refractivity contribution in [1.29, 1.82) is 0 Å². The molecule has 0 aliphatic rings. The van der Waals surface area contributed by atoms with Crippen molar-refractivity contribution in [2.45, 2.75) is 23.1 Å². The fraction of sp³-hybridized carbons (Fsp3) is 0.200. The van der Waals surface area contributed by atoms with Gasteiger partial charge in [-0.15, -0.1) is 0 Å². The minimum Gasteiger partial charge on any atom is -0.330 e. The first-order chi connectivity index (χ1) is 8.70. The van der Waals surface area contributed by atoms with Gasteiger partial charge in [0.15, 0.2) is 0 Å². The van der Waals surface area contributed by atoms with E-state index in [0.717, 1.165) is 10.9 Å². The molecular weight excluding hydrogens is 306 g/mol. The van der Waals surface area contributed by atoms with Gasteiger partial charge in [0.1, 0.15) is 0 Å². The third kappa shape index (κ3) is 3.37. The van der Waals surface area contributed by atoms with Crippen molar-refractivity contribution in [1.82, 2.24) is 0 Å². The first kappa shape index (κ1) is 13.7. The molecule has 0 radical (unpaired) electrons. The Morgan fingerprint density at radius 2 is 1.94 bits per heavy atom. The van der Waals surface area contributed by atoms with Gasteiger partial charge in [-0.2, -0.15) is 0 Å². The van der Waals surface area contributed by atoms with Gasteiger partial charge in [-0.1, -0.05) is 30.0 Å². The smallest absolute Gasteiger partial charge is 0.0314 e. The molecule has 0 atom stereocenters. The van der Waals surface area contributed by atoms with Gasteiger partial charge >= 0.3 is 0 Å². The topological polar surface area (TPSA) is 26.0 Å². The van der Waals surface area contributed by atoms with E-state index in [1.807, 2.05) is 6.07 Å².